The summed E-state index contributed by atoms with van der Waals surface area (Å²) >= 11 is 2.80. The first-order valence-electron chi connectivity index (χ1n) is 11.0. The Morgan fingerprint density at radius 1 is 1.03 bits per heavy atom. The fourth-order valence-corrected chi connectivity index (χ4v) is 5.17. The summed E-state index contributed by atoms with van der Waals surface area (Å²) in [6.07, 6.45) is 0. The second-order valence-corrected chi connectivity index (χ2v) is 9.36. The van der Waals surface area contributed by atoms with Gasteiger partial charge in [-0.05, 0) is 42.0 Å². The Bertz CT molecular complexity index is 1460. The van der Waals surface area contributed by atoms with E-state index in [0.717, 1.165) is 22.3 Å². The molecule has 4 N–H and O–H groups in total. The van der Waals surface area contributed by atoms with Crippen molar-refractivity contribution in [1.29, 1.82) is 10.5 Å². The Labute approximate surface area is 222 Å². The number of rotatable bonds is 10. The minimum atomic E-state index is -0.0988. The Morgan fingerprint density at radius 3 is 2.38 bits per heavy atom. The summed E-state index contributed by atoms with van der Waals surface area (Å²) in [6.45, 7) is 0.0710. The zero-order valence-corrected chi connectivity index (χ0v) is 21.4. The number of nitrogens with two attached hydrogens (primary N) is 1. The number of aliphatic hydroxyl groups is 1. The van der Waals surface area contributed by atoms with E-state index in [4.69, 9.17) is 20.3 Å². The SMILES string of the molecule is COc1ccc(Nc2nc(CSc3nc(N)c(C#N)c(-c4ccc(OCCO)cc4)c3C#N)cs2)cc1. The van der Waals surface area contributed by atoms with Gasteiger partial charge in [-0.1, -0.05) is 23.9 Å². The minimum absolute atomic E-state index is 0.0553. The Balaban J connectivity index is 1.55. The Kier molecular flexibility index (Phi) is 8.44. The number of aliphatic hydroxyl groups excluding tert-OH is 1. The number of thioether (sulfide) groups is 1. The molecule has 37 heavy (non-hydrogen) atoms. The van der Waals surface area contributed by atoms with Gasteiger partial charge in [0.05, 0.1) is 25.0 Å². The molecule has 0 bridgehead atoms. The van der Waals surface area contributed by atoms with Crippen LogP contribution in [0.25, 0.3) is 11.1 Å². The number of nitrogens with one attached hydrogen (secondary N) is 1. The van der Waals surface area contributed by atoms with Crippen LogP contribution in [-0.2, 0) is 5.75 Å². The van der Waals surface area contributed by atoms with Crippen molar-refractivity contribution in [2.75, 3.05) is 31.4 Å². The molecule has 9 nitrogen and oxygen atoms in total. The van der Waals surface area contributed by atoms with Gasteiger partial charge in [-0.2, -0.15) is 10.5 Å². The number of nitrogens with zero attached hydrogens (tertiary/aromatic N) is 4. The van der Waals surface area contributed by atoms with Gasteiger partial charge >= 0.3 is 0 Å². The lowest BCUT2D eigenvalue weighted by molar-refractivity contribution is 0.201. The molecule has 0 saturated carbocycles. The zero-order valence-electron chi connectivity index (χ0n) is 19.8. The summed E-state index contributed by atoms with van der Waals surface area (Å²) in [5, 5.41) is 35.0. The van der Waals surface area contributed by atoms with E-state index in [1.807, 2.05) is 29.6 Å². The normalized spacial score (nSPS) is 10.4. The monoisotopic (exact) mass is 530 g/mol. The average Bonchev–Trinajstić information content (AvgIpc) is 3.38. The fraction of sp³-hybridized carbons (Fsp3) is 0.154. The van der Waals surface area contributed by atoms with Crippen LogP contribution < -0.4 is 20.5 Å². The maximum atomic E-state index is 10.0. The maximum Gasteiger partial charge on any atom is 0.187 e. The fourth-order valence-electron chi connectivity index (χ4n) is 3.44. The summed E-state index contributed by atoms with van der Waals surface area (Å²) < 4.78 is 10.6. The highest BCUT2D eigenvalue weighted by Gasteiger charge is 2.21. The van der Waals surface area contributed by atoms with Crippen molar-refractivity contribution in [1.82, 2.24) is 9.97 Å². The third kappa shape index (κ3) is 6.11. The first kappa shape index (κ1) is 25.8. The molecule has 11 heteroatoms. The number of nitrogen functional groups attached to an aromatic ring is 1. The van der Waals surface area contributed by atoms with Gasteiger partial charge in [0, 0.05) is 22.4 Å². The average molecular weight is 531 g/mol. The molecule has 0 saturated heterocycles. The van der Waals surface area contributed by atoms with Crippen LogP contribution in [0.4, 0.5) is 16.6 Å². The second kappa shape index (κ2) is 12.1. The smallest absolute Gasteiger partial charge is 0.187 e. The van der Waals surface area contributed by atoms with Gasteiger partial charge in [0.25, 0.3) is 0 Å². The molecule has 0 aliphatic rings. The number of ether oxygens (including phenoxy) is 2. The van der Waals surface area contributed by atoms with Gasteiger partial charge in [0.15, 0.2) is 5.13 Å². The van der Waals surface area contributed by atoms with E-state index in [1.165, 1.54) is 23.1 Å². The van der Waals surface area contributed by atoms with E-state index < -0.39 is 0 Å². The number of anilines is 3. The molecule has 2 aromatic carbocycles. The minimum Gasteiger partial charge on any atom is -0.497 e. The molecule has 0 spiro atoms. The van der Waals surface area contributed by atoms with E-state index in [1.54, 1.807) is 31.4 Å². The molecule has 0 atom stereocenters. The van der Waals surface area contributed by atoms with E-state index in [2.05, 4.69) is 27.4 Å². The van der Waals surface area contributed by atoms with Crippen LogP contribution in [-0.4, -0.2) is 35.4 Å². The lowest BCUT2D eigenvalue weighted by Crippen LogP contribution is -2.04. The third-order valence-corrected chi connectivity index (χ3v) is 6.98. The first-order chi connectivity index (χ1) is 18.1. The summed E-state index contributed by atoms with van der Waals surface area (Å²) in [4.78, 5) is 8.98. The Hall–Kier alpha value is -4.29. The van der Waals surface area contributed by atoms with Crippen LogP contribution in [0.5, 0.6) is 11.5 Å². The molecule has 0 aliphatic carbocycles. The summed E-state index contributed by atoms with van der Waals surface area (Å²) in [5.41, 5.74) is 9.31. The van der Waals surface area contributed by atoms with Crippen molar-refractivity contribution in [3.63, 3.8) is 0 Å². The van der Waals surface area contributed by atoms with E-state index in [-0.39, 0.29) is 30.2 Å². The van der Waals surface area contributed by atoms with E-state index in [9.17, 15) is 10.5 Å². The highest BCUT2D eigenvalue weighted by molar-refractivity contribution is 7.98. The van der Waals surface area contributed by atoms with Crippen LogP contribution in [0.1, 0.15) is 16.8 Å². The van der Waals surface area contributed by atoms with Crippen LogP contribution in [0.15, 0.2) is 58.9 Å². The lowest BCUT2D eigenvalue weighted by Gasteiger charge is -2.13. The van der Waals surface area contributed by atoms with Gasteiger partial charge in [-0.25, -0.2) is 9.97 Å². The lowest BCUT2D eigenvalue weighted by atomic mass is 9.97. The van der Waals surface area contributed by atoms with Crippen molar-refractivity contribution < 1.29 is 14.6 Å². The molecular formula is C26H22N6O3S2. The Morgan fingerprint density at radius 2 is 1.73 bits per heavy atom. The van der Waals surface area contributed by atoms with Crippen molar-refractivity contribution >= 4 is 39.7 Å². The van der Waals surface area contributed by atoms with Crippen LogP contribution in [0.3, 0.4) is 0 Å². The van der Waals surface area contributed by atoms with Crippen LogP contribution in [0.2, 0.25) is 0 Å². The van der Waals surface area contributed by atoms with Gasteiger partial charge in [-0.3, -0.25) is 0 Å². The standard InChI is InChI=1S/C26H22N6O3S2/c1-34-19-8-4-17(5-9-19)30-26-31-18(15-37-26)14-36-25-22(13-28)23(21(12-27)24(29)32-25)16-2-6-20(7-3-16)35-11-10-33/h2-9,15,33H,10-11,14H2,1H3,(H2,29,32)(H,30,31). The van der Waals surface area contributed by atoms with E-state index >= 15 is 0 Å². The molecule has 2 aromatic heterocycles. The molecular weight excluding hydrogens is 508 g/mol. The van der Waals surface area contributed by atoms with Crippen molar-refractivity contribution in [3.8, 4) is 34.8 Å². The number of benzene rings is 2. The maximum absolute atomic E-state index is 10.0. The van der Waals surface area contributed by atoms with Gasteiger partial charge in [-0.15, -0.1) is 11.3 Å². The number of aromatic nitrogens is 2. The quantitative estimate of drug-likeness (QED) is 0.240. The van der Waals surface area contributed by atoms with Gasteiger partial charge < -0.3 is 25.6 Å². The van der Waals surface area contributed by atoms with Crippen molar-refractivity contribution in [2.24, 2.45) is 0 Å². The van der Waals surface area contributed by atoms with Crippen molar-refractivity contribution in [2.45, 2.75) is 10.8 Å². The largest absolute Gasteiger partial charge is 0.497 e. The molecule has 2 heterocycles. The van der Waals surface area contributed by atoms with Crippen LogP contribution >= 0.6 is 23.1 Å². The summed E-state index contributed by atoms with van der Waals surface area (Å²) in [6, 6.07) is 18.7. The van der Waals surface area contributed by atoms with Gasteiger partial charge in [0.2, 0.25) is 0 Å². The van der Waals surface area contributed by atoms with Crippen molar-refractivity contribution in [3.05, 3.63) is 70.7 Å². The topological polar surface area (TPSA) is 150 Å². The number of methoxy groups -OCH3 is 1. The molecule has 0 aliphatic heterocycles. The molecule has 4 aromatic rings. The number of hydrogen-bond acceptors (Lipinski definition) is 11. The molecule has 0 amide bonds. The van der Waals surface area contributed by atoms with Crippen LogP contribution in [0, 0.1) is 22.7 Å². The second-order valence-electron chi connectivity index (χ2n) is 7.53. The predicted molar refractivity (Wildman–Crippen MR) is 144 cm³/mol. The molecule has 186 valence electrons. The molecule has 0 unspecified atom stereocenters. The zero-order chi connectivity index (χ0) is 26.2. The predicted octanol–water partition coefficient (Wildman–Crippen LogP) is 4.95. The third-order valence-electron chi connectivity index (χ3n) is 5.17. The molecule has 0 fully saturated rings. The summed E-state index contributed by atoms with van der Waals surface area (Å²) in [7, 11) is 1.62. The molecule has 4 rings (SSSR count). The highest BCUT2D eigenvalue weighted by Crippen LogP contribution is 2.37. The van der Waals surface area contributed by atoms with Gasteiger partial charge in [0.1, 0.15) is 46.7 Å². The van der Waals surface area contributed by atoms with E-state index in [0.29, 0.717) is 27.7 Å². The molecule has 0 radical (unpaired) electrons. The highest BCUT2D eigenvalue weighted by atomic mass is 32.2. The number of nitriles is 2. The first-order valence-corrected chi connectivity index (χ1v) is 12.9. The summed E-state index contributed by atoms with van der Waals surface area (Å²) in [5.74, 6) is 1.85. The number of hydrogen-bond donors (Lipinski definition) is 3. The number of pyridine rings is 1. The number of thiazole rings is 1.